The summed E-state index contributed by atoms with van der Waals surface area (Å²) in [6.45, 7) is 0.0812. The Bertz CT molecular complexity index is 431. The minimum atomic E-state index is -4.89. The predicted molar refractivity (Wildman–Crippen MR) is 65.3 cm³/mol. The highest BCUT2D eigenvalue weighted by atomic mass is 32.3. The molecule has 2 aliphatic rings. The van der Waals surface area contributed by atoms with Crippen LogP contribution in [-0.2, 0) is 19.4 Å². The topological polar surface area (TPSA) is 78.9 Å². The Morgan fingerprint density at radius 3 is 2.55 bits per heavy atom. The maximum absolute atomic E-state index is 13.7. The Balaban J connectivity index is 2.18. The number of rotatable bonds is 5. The molecule has 2 rings (SSSR count). The number of fused-ring (bicyclic) bond motifs is 1. The molecule has 0 N–H and O–H groups in total. The van der Waals surface area contributed by atoms with Gasteiger partial charge in [0, 0.05) is 12.6 Å². The summed E-state index contributed by atoms with van der Waals surface area (Å²) < 4.78 is 51.8. The first-order valence-corrected chi connectivity index (χ1v) is 8.62. The summed E-state index contributed by atoms with van der Waals surface area (Å²) in [7, 11) is -4.89. The van der Waals surface area contributed by atoms with Crippen molar-refractivity contribution in [3.05, 3.63) is 0 Å². The highest BCUT2D eigenvalue weighted by molar-refractivity contribution is 8.10. The molecule has 20 heavy (non-hydrogen) atoms. The van der Waals surface area contributed by atoms with Crippen LogP contribution in [0, 0.1) is 5.92 Å². The van der Waals surface area contributed by atoms with E-state index in [0.717, 1.165) is 30.0 Å². The van der Waals surface area contributed by atoms with Gasteiger partial charge >= 0.3 is 4.59 Å². The molecule has 0 bridgehead atoms. The van der Waals surface area contributed by atoms with Gasteiger partial charge < -0.3 is 5.26 Å². The van der Waals surface area contributed by atoms with Crippen LogP contribution in [0.1, 0.15) is 38.5 Å². The second-order valence-corrected chi connectivity index (χ2v) is 8.06. The largest absolute Gasteiger partial charge is 0.691 e. The van der Waals surface area contributed by atoms with Crippen molar-refractivity contribution in [3.8, 4) is 0 Å². The molecule has 0 radical (unpaired) electrons. The number of hydrogen-bond acceptors (Lipinski definition) is 6. The van der Waals surface area contributed by atoms with Crippen molar-refractivity contribution in [3.63, 3.8) is 0 Å². The number of piperidine rings is 1. The van der Waals surface area contributed by atoms with Crippen LogP contribution in [0.5, 0.6) is 0 Å². The zero-order valence-electron chi connectivity index (χ0n) is 10.7. The maximum atomic E-state index is 13.7. The Kier molecular flexibility index (Phi) is 5.24. The van der Waals surface area contributed by atoms with Crippen LogP contribution in [0.4, 0.5) is 8.78 Å². The average Bonchev–Trinajstić information content (AvgIpc) is 2.44. The van der Waals surface area contributed by atoms with Gasteiger partial charge in [0.1, 0.15) is 12.0 Å². The van der Waals surface area contributed by atoms with E-state index in [0.29, 0.717) is 12.8 Å². The summed E-state index contributed by atoms with van der Waals surface area (Å²) in [6.07, 6.45) is 4.76. The highest BCUT2D eigenvalue weighted by Gasteiger charge is 2.54. The smallest absolute Gasteiger partial charge is 0.433 e. The van der Waals surface area contributed by atoms with Crippen molar-refractivity contribution in [2.45, 2.75) is 49.2 Å². The van der Waals surface area contributed by atoms with Crippen LogP contribution in [-0.4, -0.2) is 29.9 Å². The molecule has 118 valence electrons. The second-order valence-electron chi connectivity index (χ2n) is 5.05. The van der Waals surface area contributed by atoms with Crippen molar-refractivity contribution >= 4 is 22.1 Å². The third kappa shape index (κ3) is 3.09. The summed E-state index contributed by atoms with van der Waals surface area (Å²) >= 11 is -0.779. The Hall–Kier alpha value is -0.0000000000000000971. The molecule has 1 aliphatic carbocycles. The number of nitrogens with zero attached hydrogens (tertiary/aromatic N) is 1. The summed E-state index contributed by atoms with van der Waals surface area (Å²) in [4.78, 5) is 0. The number of sulfonamides is 1. The summed E-state index contributed by atoms with van der Waals surface area (Å²) in [5, 5.41) is 12.4. The second kappa shape index (κ2) is 6.41. The molecule has 1 aliphatic heterocycles. The van der Waals surface area contributed by atoms with Gasteiger partial charge in [-0.3, -0.25) is 5.04 Å². The van der Waals surface area contributed by atoms with Crippen LogP contribution < -0.4 is 5.26 Å². The van der Waals surface area contributed by atoms with E-state index in [-0.39, 0.29) is 18.5 Å². The summed E-state index contributed by atoms with van der Waals surface area (Å²) in [5.74, 6) is 0.143. The van der Waals surface area contributed by atoms with Gasteiger partial charge in [0.05, 0.1) is 0 Å². The molecule has 2 fully saturated rings. The zero-order valence-corrected chi connectivity index (χ0v) is 12.3. The first-order valence-electron chi connectivity index (χ1n) is 6.43. The van der Waals surface area contributed by atoms with Crippen LogP contribution in [0.2, 0.25) is 0 Å². The van der Waals surface area contributed by atoms with Crippen molar-refractivity contribution < 1.29 is 31.8 Å². The molecule has 2 unspecified atom stereocenters. The predicted octanol–water partition coefficient (Wildman–Crippen LogP) is 1.39. The molecular weight excluding hydrogens is 316 g/mol. The van der Waals surface area contributed by atoms with E-state index in [1.165, 1.54) is 0 Å². The van der Waals surface area contributed by atoms with Gasteiger partial charge in [0.15, 0.2) is 0 Å². The van der Waals surface area contributed by atoms with Crippen molar-refractivity contribution in [1.29, 1.82) is 0 Å². The zero-order chi connectivity index (χ0) is 14.8. The number of hydrogen-bond donors (Lipinski definition) is 0. The summed E-state index contributed by atoms with van der Waals surface area (Å²) in [6, 6.07) is -0.373. The van der Waals surface area contributed by atoms with Gasteiger partial charge in [0.25, 0.3) is 10.0 Å². The van der Waals surface area contributed by atoms with Crippen LogP contribution in [0.3, 0.4) is 0 Å². The van der Waals surface area contributed by atoms with Gasteiger partial charge in [0.2, 0.25) is 0 Å². The van der Waals surface area contributed by atoms with E-state index in [1.807, 2.05) is 0 Å². The molecule has 0 aromatic rings. The molecule has 2 atom stereocenters. The Morgan fingerprint density at radius 1 is 1.20 bits per heavy atom. The molecule has 1 saturated carbocycles. The lowest BCUT2D eigenvalue weighted by Crippen LogP contribution is -2.53. The normalized spacial score (nSPS) is 29.1. The minimum Gasteiger partial charge on any atom is -0.691 e. The lowest BCUT2D eigenvalue weighted by atomic mass is 9.79. The fourth-order valence-electron chi connectivity index (χ4n) is 3.11. The lowest BCUT2D eigenvalue weighted by Gasteiger charge is -2.43. The third-order valence-electron chi connectivity index (χ3n) is 3.96. The lowest BCUT2D eigenvalue weighted by molar-refractivity contribution is -0.777. The maximum Gasteiger partial charge on any atom is 0.433 e. The van der Waals surface area contributed by atoms with Crippen molar-refractivity contribution in [1.82, 2.24) is 4.31 Å². The van der Waals surface area contributed by atoms with Crippen LogP contribution >= 0.6 is 12.0 Å². The summed E-state index contributed by atoms with van der Waals surface area (Å²) in [5.41, 5.74) is 0. The quantitative estimate of drug-likeness (QED) is 0.430. The first kappa shape index (κ1) is 16.4. The first-order chi connectivity index (χ1) is 9.40. The number of halogens is 2. The van der Waals surface area contributed by atoms with E-state index in [1.54, 1.807) is 0 Å². The highest BCUT2D eigenvalue weighted by Crippen LogP contribution is 2.43. The molecule has 0 spiro atoms. The monoisotopic (exact) mass is 332 g/mol. The van der Waals surface area contributed by atoms with E-state index < -0.39 is 26.7 Å². The number of alkyl halides is 2. The molecule has 0 aromatic carbocycles. The van der Waals surface area contributed by atoms with Gasteiger partial charge in [-0.2, -0.15) is 17.4 Å². The van der Waals surface area contributed by atoms with Gasteiger partial charge in [-0.05, 0) is 31.6 Å². The van der Waals surface area contributed by atoms with Crippen molar-refractivity contribution in [2.24, 2.45) is 5.92 Å². The van der Waals surface area contributed by atoms with E-state index in [4.69, 9.17) is 0 Å². The van der Waals surface area contributed by atoms with E-state index >= 15 is 0 Å². The van der Waals surface area contributed by atoms with E-state index in [9.17, 15) is 22.5 Å². The molecule has 10 heteroatoms. The molecule has 0 amide bonds. The molecule has 6 nitrogen and oxygen atoms in total. The fourth-order valence-corrected chi connectivity index (χ4v) is 5.21. The SMILES string of the molecule is O=S(=O)(N1CCCC2CCCCC21)C(F)(F)SOO[O-]. The average molecular weight is 332 g/mol. The third-order valence-corrected chi connectivity index (χ3v) is 6.79. The van der Waals surface area contributed by atoms with Crippen LogP contribution in [0.15, 0.2) is 0 Å². The van der Waals surface area contributed by atoms with Gasteiger partial charge in [-0.25, -0.2) is 8.42 Å². The van der Waals surface area contributed by atoms with Gasteiger partial charge in [-0.15, -0.1) is 0 Å². The molecular formula is C10H16F2NO5S2-. The Labute approximate surface area is 120 Å². The van der Waals surface area contributed by atoms with Crippen molar-refractivity contribution in [2.75, 3.05) is 6.54 Å². The Morgan fingerprint density at radius 2 is 1.85 bits per heavy atom. The van der Waals surface area contributed by atoms with Crippen LogP contribution in [0.25, 0.3) is 0 Å². The molecule has 1 heterocycles. The van der Waals surface area contributed by atoms with Gasteiger partial charge in [-0.1, -0.05) is 12.8 Å². The minimum absolute atomic E-state index is 0.0812. The standard InChI is InChI=1S/C10H17F2NO5S2/c11-10(12,19-18-17-14)20(15,16)13-7-3-5-8-4-1-2-6-9(8)13/h8-9,14H,1-7H2/p-1. The molecule has 0 aromatic heterocycles. The molecule has 1 saturated heterocycles. The fraction of sp³-hybridized carbons (Fsp3) is 1.00. The van der Waals surface area contributed by atoms with E-state index in [2.05, 4.69) is 9.37 Å².